The molecule has 2 N–H and O–H groups in total. The second-order valence-corrected chi connectivity index (χ2v) is 3.55. The molecular weight excluding hydrogens is 222 g/mol. The maximum atomic E-state index is 13.6. The molecule has 0 spiro atoms. The second-order valence-electron chi connectivity index (χ2n) is 3.55. The van der Waals surface area contributed by atoms with Crippen molar-refractivity contribution in [3.05, 3.63) is 53.6 Å². The van der Waals surface area contributed by atoms with E-state index in [4.69, 9.17) is 11.0 Å². The molecule has 0 amide bonds. The zero-order chi connectivity index (χ0) is 12.4. The predicted octanol–water partition coefficient (Wildman–Crippen LogP) is 3.09. The smallest absolute Gasteiger partial charge is 0.131 e. The van der Waals surface area contributed by atoms with Crippen molar-refractivity contribution in [2.75, 3.05) is 5.73 Å². The lowest BCUT2D eigenvalue weighted by Gasteiger charge is -2.06. The average Bonchev–Trinajstić information content (AvgIpc) is 2.33. The van der Waals surface area contributed by atoms with Gasteiger partial charge in [-0.25, -0.2) is 8.78 Å². The third-order valence-electron chi connectivity index (χ3n) is 2.38. The van der Waals surface area contributed by atoms with Crippen LogP contribution < -0.4 is 5.73 Å². The van der Waals surface area contributed by atoms with Crippen molar-refractivity contribution in [2.45, 2.75) is 0 Å². The van der Waals surface area contributed by atoms with Crippen LogP contribution in [0.15, 0.2) is 36.4 Å². The van der Waals surface area contributed by atoms with Gasteiger partial charge in [0.1, 0.15) is 11.6 Å². The van der Waals surface area contributed by atoms with Crippen molar-refractivity contribution in [3.8, 4) is 17.2 Å². The summed E-state index contributed by atoms with van der Waals surface area (Å²) in [7, 11) is 0. The number of nitrogen functional groups attached to an aromatic ring is 1. The minimum absolute atomic E-state index is 0.0360. The summed E-state index contributed by atoms with van der Waals surface area (Å²) >= 11 is 0. The molecule has 0 saturated heterocycles. The first-order valence-corrected chi connectivity index (χ1v) is 4.87. The van der Waals surface area contributed by atoms with Gasteiger partial charge in [-0.05, 0) is 36.4 Å². The second kappa shape index (κ2) is 4.22. The highest BCUT2D eigenvalue weighted by Gasteiger charge is 2.11. The predicted molar refractivity (Wildman–Crippen MR) is 60.9 cm³/mol. The van der Waals surface area contributed by atoms with Crippen LogP contribution in [0.5, 0.6) is 0 Å². The summed E-state index contributed by atoms with van der Waals surface area (Å²) in [6.45, 7) is 0. The molecule has 0 aliphatic carbocycles. The van der Waals surface area contributed by atoms with Crippen molar-refractivity contribution < 1.29 is 8.78 Å². The van der Waals surface area contributed by atoms with Crippen LogP contribution >= 0.6 is 0 Å². The van der Waals surface area contributed by atoms with Gasteiger partial charge >= 0.3 is 0 Å². The minimum atomic E-state index is -0.589. The number of benzene rings is 2. The van der Waals surface area contributed by atoms with E-state index in [0.29, 0.717) is 5.69 Å². The van der Waals surface area contributed by atoms with E-state index in [2.05, 4.69) is 0 Å². The van der Waals surface area contributed by atoms with Gasteiger partial charge in [-0.2, -0.15) is 5.26 Å². The van der Waals surface area contributed by atoms with Crippen LogP contribution in [-0.4, -0.2) is 0 Å². The van der Waals surface area contributed by atoms with E-state index in [1.54, 1.807) is 0 Å². The maximum absolute atomic E-state index is 13.6. The fraction of sp³-hybridized carbons (Fsp3) is 0. The summed E-state index contributed by atoms with van der Waals surface area (Å²) in [5.41, 5.74) is 6.23. The van der Waals surface area contributed by atoms with Crippen LogP contribution in [0.4, 0.5) is 14.5 Å². The molecule has 0 fully saturated rings. The number of halogens is 2. The Balaban J connectivity index is 2.68. The van der Waals surface area contributed by atoms with Crippen LogP contribution in [0.1, 0.15) is 5.56 Å². The molecule has 0 heterocycles. The molecule has 0 aliphatic heterocycles. The number of nitrogens with two attached hydrogens (primary N) is 1. The third-order valence-corrected chi connectivity index (χ3v) is 2.38. The zero-order valence-corrected chi connectivity index (χ0v) is 8.74. The normalized spacial score (nSPS) is 9.94. The van der Waals surface area contributed by atoms with Crippen molar-refractivity contribution in [1.29, 1.82) is 5.26 Å². The fourth-order valence-corrected chi connectivity index (χ4v) is 1.55. The van der Waals surface area contributed by atoms with Gasteiger partial charge in [0.25, 0.3) is 0 Å². The third kappa shape index (κ3) is 2.08. The summed E-state index contributed by atoms with van der Waals surface area (Å²) in [6, 6.07) is 9.55. The maximum Gasteiger partial charge on any atom is 0.131 e. The molecule has 0 bridgehead atoms. The highest BCUT2D eigenvalue weighted by Crippen LogP contribution is 2.28. The van der Waals surface area contributed by atoms with E-state index in [9.17, 15) is 8.78 Å². The van der Waals surface area contributed by atoms with Gasteiger partial charge in [0, 0.05) is 16.8 Å². The Morgan fingerprint density at radius 3 is 2.18 bits per heavy atom. The molecule has 0 atom stereocenters. The van der Waals surface area contributed by atoms with E-state index in [1.807, 2.05) is 6.07 Å². The molecule has 2 aromatic carbocycles. The molecule has 0 aromatic heterocycles. The van der Waals surface area contributed by atoms with Gasteiger partial charge in [-0.3, -0.25) is 0 Å². The summed E-state index contributed by atoms with van der Waals surface area (Å²) in [6.07, 6.45) is 0. The van der Waals surface area contributed by atoms with Gasteiger partial charge in [-0.1, -0.05) is 0 Å². The van der Waals surface area contributed by atoms with E-state index in [0.717, 1.165) is 6.07 Å². The van der Waals surface area contributed by atoms with Gasteiger partial charge in [-0.15, -0.1) is 0 Å². The summed E-state index contributed by atoms with van der Waals surface area (Å²) in [4.78, 5) is 0. The summed E-state index contributed by atoms with van der Waals surface area (Å²) in [5, 5.41) is 8.73. The lowest BCUT2D eigenvalue weighted by molar-refractivity contribution is 0.616. The van der Waals surface area contributed by atoms with Crippen molar-refractivity contribution >= 4 is 5.69 Å². The summed E-state index contributed by atoms with van der Waals surface area (Å²) in [5.74, 6) is -1.17. The Morgan fingerprint density at radius 1 is 0.941 bits per heavy atom. The number of anilines is 1. The minimum Gasteiger partial charge on any atom is -0.399 e. The molecule has 0 aliphatic rings. The van der Waals surface area contributed by atoms with Crippen LogP contribution in [0, 0.1) is 23.0 Å². The first-order valence-electron chi connectivity index (χ1n) is 4.87. The van der Waals surface area contributed by atoms with Gasteiger partial charge in [0.05, 0.1) is 11.6 Å². The quantitative estimate of drug-likeness (QED) is 0.765. The number of hydrogen-bond acceptors (Lipinski definition) is 2. The Morgan fingerprint density at radius 2 is 1.53 bits per heavy atom. The molecule has 0 unspecified atom stereocenters. The Labute approximate surface area is 96.9 Å². The van der Waals surface area contributed by atoms with Gasteiger partial charge in [0.15, 0.2) is 0 Å². The van der Waals surface area contributed by atoms with Crippen molar-refractivity contribution in [1.82, 2.24) is 0 Å². The number of nitriles is 1. The molecule has 2 aromatic rings. The van der Waals surface area contributed by atoms with Crippen molar-refractivity contribution in [2.24, 2.45) is 0 Å². The Bertz CT molecular complexity index is 615. The Kier molecular flexibility index (Phi) is 2.75. The Hall–Kier alpha value is -2.41. The zero-order valence-electron chi connectivity index (χ0n) is 8.74. The molecule has 2 rings (SSSR count). The highest BCUT2D eigenvalue weighted by molar-refractivity contribution is 5.69. The lowest BCUT2D eigenvalue weighted by Crippen LogP contribution is -1.92. The standard InChI is InChI=1S/C13H8F2N2/c14-12-3-1-8(7-16)5-10(12)11-6-9(17)2-4-13(11)15/h1-6H,17H2. The topological polar surface area (TPSA) is 49.8 Å². The van der Waals surface area contributed by atoms with Crippen LogP contribution in [0.3, 0.4) is 0 Å². The molecular formula is C13H8F2N2. The molecule has 0 radical (unpaired) electrons. The van der Waals surface area contributed by atoms with Gasteiger partial charge in [0.2, 0.25) is 0 Å². The van der Waals surface area contributed by atoms with E-state index < -0.39 is 11.6 Å². The SMILES string of the molecule is N#Cc1ccc(F)c(-c2cc(N)ccc2F)c1. The van der Waals surface area contributed by atoms with Crippen LogP contribution in [0.25, 0.3) is 11.1 Å². The highest BCUT2D eigenvalue weighted by atomic mass is 19.1. The molecule has 84 valence electrons. The molecule has 4 heteroatoms. The fourth-order valence-electron chi connectivity index (χ4n) is 1.55. The van der Waals surface area contributed by atoms with Crippen molar-refractivity contribution in [3.63, 3.8) is 0 Å². The number of rotatable bonds is 1. The largest absolute Gasteiger partial charge is 0.399 e. The molecule has 0 saturated carbocycles. The lowest BCUT2D eigenvalue weighted by atomic mass is 10.0. The average molecular weight is 230 g/mol. The van der Waals surface area contributed by atoms with Crippen LogP contribution in [-0.2, 0) is 0 Å². The van der Waals surface area contributed by atoms with E-state index >= 15 is 0 Å². The first-order chi connectivity index (χ1) is 8.11. The van der Waals surface area contributed by atoms with E-state index in [1.165, 1.54) is 30.3 Å². The molecule has 17 heavy (non-hydrogen) atoms. The molecule has 2 nitrogen and oxygen atoms in total. The number of nitrogens with zero attached hydrogens (tertiary/aromatic N) is 1. The van der Waals surface area contributed by atoms with E-state index in [-0.39, 0.29) is 16.7 Å². The van der Waals surface area contributed by atoms with Gasteiger partial charge < -0.3 is 5.73 Å². The summed E-state index contributed by atoms with van der Waals surface area (Å²) < 4.78 is 27.2. The monoisotopic (exact) mass is 230 g/mol. The first kappa shape index (κ1) is 11.1. The van der Waals surface area contributed by atoms with Crippen LogP contribution in [0.2, 0.25) is 0 Å². The number of hydrogen-bond donors (Lipinski definition) is 1.